The maximum atomic E-state index is 14.9. The number of hydrogen-bond donors (Lipinski definition) is 2. The Labute approximate surface area is 231 Å². The highest BCUT2D eigenvalue weighted by Gasteiger charge is 2.32. The Morgan fingerprint density at radius 3 is 2.35 bits per heavy atom. The van der Waals surface area contributed by atoms with Crippen molar-refractivity contribution in [1.29, 1.82) is 0 Å². The fourth-order valence-electron chi connectivity index (χ4n) is 4.73. The van der Waals surface area contributed by atoms with Crippen LogP contribution in [-0.2, 0) is 10.0 Å². The summed E-state index contributed by atoms with van der Waals surface area (Å²) in [5.41, 5.74) is 2.20. The number of fused-ring (bicyclic) bond motifs is 1. The minimum Gasteiger partial charge on any atom is -0.421 e. The van der Waals surface area contributed by atoms with Crippen molar-refractivity contribution in [2.75, 3.05) is 10.0 Å². The average Bonchev–Trinajstić information content (AvgIpc) is 3.68. The third kappa shape index (κ3) is 4.81. The SMILES string of the molecule is Cc1ccc(Nc2c(C)c(=O)oc3c(-c4cccc(NS(=O)(=O)C(C)(C)C)c4)c(C)n(C4CC4)c(=O)c23)c(F)c1. The summed E-state index contributed by atoms with van der Waals surface area (Å²) in [7, 11) is -3.71. The fraction of sp³-hybridized carbons (Fsp3) is 0.333. The third-order valence-corrected chi connectivity index (χ3v) is 9.36. The zero-order valence-corrected chi connectivity index (χ0v) is 24.1. The van der Waals surface area contributed by atoms with E-state index < -0.39 is 26.2 Å². The molecule has 0 spiro atoms. The largest absolute Gasteiger partial charge is 0.421 e. The predicted molar refractivity (Wildman–Crippen MR) is 157 cm³/mol. The van der Waals surface area contributed by atoms with Gasteiger partial charge in [-0.2, -0.15) is 0 Å². The molecule has 0 aliphatic heterocycles. The maximum Gasteiger partial charge on any atom is 0.341 e. The van der Waals surface area contributed by atoms with E-state index in [2.05, 4.69) is 10.0 Å². The lowest BCUT2D eigenvalue weighted by atomic mass is 9.99. The normalized spacial score (nSPS) is 14.0. The monoisotopic (exact) mass is 565 g/mol. The zero-order valence-electron chi connectivity index (χ0n) is 23.3. The molecule has 210 valence electrons. The van der Waals surface area contributed by atoms with E-state index in [0.29, 0.717) is 22.5 Å². The molecule has 1 aliphatic carbocycles. The minimum absolute atomic E-state index is 0.0191. The van der Waals surface area contributed by atoms with Crippen molar-refractivity contribution in [3.63, 3.8) is 0 Å². The number of nitrogens with zero attached hydrogens (tertiary/aromatic N) is 1. The van der Waals surface area contributed by atoms with Crippen LogP contribution >= 0.6 is 0 Å². The minimum atomic E-state index is -3.71. The van der Waals surface area contributed by atoms with E-state index in [9.17, 15) is 22.4 Å². The van der Waals surface area contributed by atoms with E-state index in [1.54, 1.807) is 75.6 Å². The summed E-state index contributed by atoms with van der Waals surface area (Å²) in [6, 6.07) is 11.4. The summed E-state index contributed by atoms with van der Waals surface area (Å²) in [4.78, 5) is 27.1. The maximum absolute atomic E-state index is 14.9. The standard InChI is InChI=1S/C30H32FN3O5S/c1-16-10-13-23(22(31)14-16)32-26-17(2)29(36)39-27-24(18(3)34(21-11-12-21)28(35)25(26)27)19-8-7-9-20(15-19)33-40(37,38)30(4,5)6/h7-10,13-15,21,32-33H,11-12H2,1-6H3. The van der Waals surface area contributed by atoms with Gasteiger partial charge in [0.1, 0.15) is 11.2 Å². The number of benzene rings is 2. The van der Waals surface area contributed by atoms with Gasteiger partial charge in [0.2, 0.25) is 10.0 Å². The second-order valence-corrected chi connectivity index (χ2v) is 13.8. The van der Waals surface area contributed by atoms with Gasteiger partial charge in [-0.1, -0.05) is 18.2 Å². The van der Waals surface area contributed by atoms with Gasteiger partial charge in [-0.3, -0.25) is 9.52 Å². The van der Waals surface area contributed by atoms with Crippen LogP contribution in [0.3, 0.4) is 0 Å². The first-order valence-electron chi connectivity index (χ1n) is 13.1. The Balaban J connectivity index is 1.80. The number of sulfonamides is 1. The van der Waals surface area contributed by atoms with Gasteiger partial charge in [0.15, 0.2) is 5.58 Å². The molecule has 2 N–H and O–H groups in total. The Morgan fingerprint density at radius 2 is 1.73 bits per heavy atom. The van der Waals surface area contributed by atoms with Crippen LogP contribution < -0.4 is 21.2 Å². The quantitative estimate of drug-likeness (QED) is 0.284. The van der Waals surface area contributed by atoms with Crippen molar-refractivity contribution >= 4 is 38.1 Å². The molecule has 2 aromatic heterocycles. The van der Waals surface area contributed by atoms with Gasteiger partial charge in [0.05, 0.1) is 21.7 Å². The van der Waals surface area contributed by atoms with Crippen LogP contribution in [0.1, 0.15) is 56.5 Å². The van der Waals surface area contributed by atoms with Gasteiger partial charge in [-0.05, 0) is 89.8 Å². The number of aromatic nitrogens is 1. The second kappa shape index (κ2) is 9.62. The lowest BCUT2D eigenvalue weighted by molar-refractivity contribution is 0.553. The molecule has 1 saturated carbocycles. The van der Waals surface area contributed by atoms with Crippen LogP contribution in [0.5, 0.6) is 0 Å². The third-order valence-electron chi connectivity index (χ3n) is 7.24. The molecule has 1 fully saturated rings. The number of nitrogens with one attached hydrogen (secondary N) is 2. The highest BCUT2D eigenvalue weighted by atomic mass is 32.2. The molecule has 0 amide bonds. The molecule has 10 heteroatoms. The lowest BCUT2D eigenvalue weighted by Crippen LogP contribution is -2.33. The van der Waals surface area contributed by atoms with Gasteiger partial charge in [0.25, 0.3) is 5.56 Å². The summed E-state index contributed by atoms with van der Waals surface area (Å²) in [5, 5.41) is 3.13. The second-order valence-electron chi connectivity index (χ2n) is 11.4. The van der Waals surface area contributed by atoms with Crippen LogP contribution in [0.2, 0.25) is 0 Å². The first kappa shape index (κ1) is 27.6. The first-order valence-corrected chi connectivity index (χ1v) is 14.6. The number of hydrogen-bond acceptors (Lipinski definition) is 6. The van der Waals surface area contributed by atoms with Gasteiger partial charge in [-0.15, -0.1) is 0 Å². The first-order chi connectivity index (χ1) is 18.7. The van der Waals surface area contributed by atoms with E-state index in [1.165, 1.54) is 13.0 Å². The number of pyridine rings is 1. The smallest absolute Gasteiger partial charge is 0.341 e. The number of rotatable bonds is 6. The summed E-state index contributed by atoms with van der Waals surface area (Å²) < 4.78 is 49.6. The van der Waals surface area contributed by atoms with Crippen LogP contribution in [-0.4, -0.2) is 17.7 Å². The topological polar surface area (TPSA) is 110 Å². The molecule has 8 nitrogen and oxygen atoms in total. The van der Waals surface area contributed by atoms with Crippen molar-refractivity contribution in [2.45, 2.75) is 65.2 Å². The van der Waals surface area contributed by atoms with Crippen molar-refractivity contribution in [2.24, 2.45) is 0 Å². The van der Waals surface area contributed by atoms with Crippen LogP contribution in [0.15, 0.2) is 56.5 Å². The molecule has 0 unspecified atom stereocenters. The highest BCUT2D eigenvalue weighted by molar-refractivity contribution is 7.94. The molecule has 2 aromatic carbocycles. The van der Waals surface area contributed by atoms with Gasteiger partial charge in [0, 0.05) is 23.0 Å². The molecule has 4 aromatic rings. The van der Waals surface area contributed by atoms with E-state index in [1.807, 2.05) is 0 Å². The van der Waals surface area contributed by atoms with Gasteiger partial charge < -0.3 is 14.3 Å². The molecule has 5 rings (SSSR count). The number of aryl methyl sites for hydroxylation is 1. The lowest BCUT2D eigenvalue weighted by Gasteiger charge is -2.21. The van der Waals surface area contributed by atoms with E-state index in [0.717, 1.165) is 18.4 Å². The van der Waals surface area contributed by atoms with Crippen LogP contribution in [0.4, 0.5) is 21.5 Å². The number of anilines is 3. The molecule has 0 saturated heterocycles. The summed E-state index contributed by atoms with van der Waals surface area (Å²) in [6.45, 7) is 9.89. The molecule has 0 radical (unpaired) electrons. The highest BCUT2D eigenvalue weighted by Crippen LogP contribution is 2.41. The van der Waals surface area contributed by atoms with Crippen molar-refractivity contribution in [3.05, 3.63) is 85.9 Å². The van der Waals surface area contributed by atoms with Crippen molar-refractivity contribution in [3.8, 4) is 11.1 Å². The summed E-state index contributed by atoms with van der Waals surface area (Å²) in [6.07, 6.45) is 1.64. The van der Waals surface area contributed by atoms with Crippen LogP contribution in [0, 0.1) is 26.6 Å². The molecule has 40 heavy (non-hydrogen) atoms. The molecule has 0 bridgehead atoms. The van der Waals surface area contributed by atoms with Gasteiger partial charge >= 0.3 is 5.63 Å². The predicted octanol–water partition coefficient (Wildman–Crippen LogP) is 6.30. The zero-order chi connectivity index (χ0) is 29.1. The Hall–Kier alpha value is -3.92. The van der Waals surface area contributed by atoms with Crippen molar-refractivity contribution in [1.82, 2.24) is 4.57 Å². The van der Waals surface area contributed by atoms with E-state index in [4.69, 9.17) is 4.42 Å². The number of halogens is 1. The van der Waals surface area contributed by atoms with E-state index in [-0.39, 0.29) is 39.5 Å². The van der Waals surface area contributed by atoms with Crippen molar-refractivity contribution < 1.29 is 17.2 Å². The summed E-state index contributed by atoms with van der Waals surface area (Å²) >= 11 is 0. The molecular weight excluding hydrogens is 533 g/mol. The van der Waals surface area contributed by atoms with Crippen LogP contribution in [0.25, 0.3) is 22.1 Å². The Morgan fingerprint density at radius 1 is 1.02 bits per heavy atom. The molecular formula is C30H32FN3O5S. The molecule has 1 aliphatic rings. The Kier molecular flexibility index (Phi) is 6.65. The van der Waals surface area contributed by atoms with Gasteiger partial charge in [-0.25, -0.2) is 17.6 Å². The molecule has 2 heterocycles. The average molecular weight is 566 g/mol. The molecule has 0 atom stereocenters. The summed E-state index contributed by atoms with van der Waals surface area (Å²) in [5.74, 6) is -0.519. The van der Waals surface area contributed by atoms with E-state index >= 15 is 0 Å². The Bertz CT molecular complexity index is 1900. The fourth-order valence-corrected chi connectivity index (χ4v) is 5.48.